The number of Topliss-reactive ketones (excluding diaryl/α,β-unsaturated/α-hetero) is 1. The topological polar surface area (TPSA) is 67.4 Å². The fraction of sp³-hybridized carbons (Fsp3) is 0.600. The van der Waals surface area contributed by atoms with Crippen molar-refractivity contribution in [2.24, 2.45) is 5.92 Å². The highest BCUT2D eigenvalue weighted by Gasteiger charge is 2.54. The van der Waals surface area contributed by atoms with Gasteiger partial charge in [0.15, 0.2) is 5.78 Å². The summed E-state index contributed by atoms with van der Waals surface area (Å²) in [6, 6.07) is 9.92. The maximum atomic E-state index is 12.9. The Morgan fingerprint density at radius 2 is 2.12 bits per heavy atom. The number of nitrogens with one attached hydrogen (secondary N) is 2. The third-order valence-electron chi connectivity index (χ3n) is 5.28. The van der Waals surface area contributed by atoms with E-state index in [1.165, 1.54) is 0 Å². The fourth-order valence-corrected chi connectivity index (χ4v) is 3.96. The normalized spacial score (nSPS) is 26.7. The molecule has 1 saturated carbocycles. The van der Waals surface area contributed by atoms with E-state index in [2.05, 4.69) is 24.5 Å². The van der Waals surface area contributed by atoms with Gasteiger partial charge >= 0.3 is 0 Å². The lowest BCUT2D eigenvalue weighted by molar-refractivity contribution is -0.139. The van der Waals surface area contributed by atoms with Crippen LogP contribution in [0.4, 0.5) is 0 Å². The Kier molecular flexibility index (Phi) is 5.54. The van der Waals surface area contributed by atoms with Crippen LogP contribution in [0.5, 0.6) is 0 Å². The quantitative estimate of drug-likeness (QED) is 0.796. The summed E-state index contributed by atoms with van der Waals surface area (Å²) in [5.41, 5.74) is 0.321. The average molecular weight is 344 g/mol. The summed E-state index contributed by atoms with van der Waals surface area (Å²) in [5.74, 6) is 0.282. The van der Waals surface area contributed by atoms with Crippen LogP contribution < -0.4 is 10.6 Å². The molecular formula is C20H28N2O3. The molecule has 3 rings (SSSR count). The summed E-state index contributed by atoms with van der Waals surface area (Å²) in [5, 5.41) is 6.32. The largest absolute Gasteiger partial charge is 0.364 e. The summed E-state index contributed by atoms with van der Waals surface area (Å²) < 4.78 is 5.95. The van der Waals surface area contributed by atoms with Crippen molar-refractivity contribution in [3.8, 4) is 0 Å². The summed E-state index contributed by atoms with van der Waals surface area (Å²) in [6.45, 7) is 4.90. The molecule has 25 heavy (non-hydrogen) atoms. The second-order valence-electron chi connectivity index (χ2n) is 7.62. The molecule has 5 nitrogen and oxygen atoms in total. The van der Waals surface area contributed by atoms with Gasteiger partial charge in [0.05, 0.1) is 13.2 Å². The van der Waals surface area contributed by atoms with E-state index in [1.807, 2.05) is 30.3 Å². The predicted octanol–water partition coefficient (Wildman–Crippen LogP) is 2.20. The highest BCUT2D eigenvalue weighted by Crippen LogP contribution is 2.34. The van der Waals surface area contributed by atoms with Crippen LogP contribution in [0.3, 0.4) is 0 Å². The molecule has 0 radical (unpaired) electrons. The van der Waals surface area contributed by atoms with Gasteiger partial charge in [-0.25, -0.2) is 0 Å². The molecule has 1 aromatic carbocycles. The van der Waals surface area contributed by atoms with Crippen molar-refractivity contribution in [3.63, 3.8) is 0 Å². The van der Waals surface area contributed by atoms with Crippen molar-refractivity contribution in [3.05, 3.63) is 35.9 Å². The van der Waals surface area contributed by atoms with Gasteiger partial charge in [0.25, 0.3) is 0 Å². The minimum absolute atomic E-state index is 0.0674. The first-order valence-electron chi connectivity index (χ1n) is 9.25. The number of hydrogen-bond acceptors (Lipinski definition) is 4. The zero-order valence-electron chi connectivity index (χ0n) is 15.1. The molecule has 0 spiro atoms. The molecule has 0 bridgehead atoms. The summed E-state index contributed by atoms with van der Waals surface area (Å²) >= 11 is 0. The molecule has 1 saturated heterocycles. The van der Waals surface area contributed by atoms with Crippen molar-refractivity contribution in [2.75, 3.05) is 6.54 Å². The van der Waals surface area contributed by atoms with Crippen LogP contribution in [-0.2, 0) is 20.9 Å². The van der Waals surface area contributed by atoms with Crippen LogP contribution in [0, 0.1) is 5.92 Å². The molecule has 2 N–H and O–H groups in total. The number of fused-ring (bicyclic) bond motifs is 1. The highest BCUT2D eigenvalue weighted by molar-refractivity contribution is 5.98. The Balaban J connectivity index is 1.67. The molecular weight excluding hydrogens is 316 g/mol. The van der Waals surface area contributed by atoms with Crippen molar-refractivity contribution in [1.29, 1.82) is 0 Å². The Morgan fingerprint density at radius 3 is 2.84 bits per heavy atom. The molecule has 1 aliphatic carbocycles. The molecule has 2 aliphatic rings. The van der Waals surface area contributed by atoms with E-state index >= 15 is 0 Å². The van der Waals surface area contributed by atoms with E-state index in [0.717, 1.165) is 24.8 Å². The zero-order valence-corrected chi connectivity index (χ0v) is 15.1. The molecule has 1 aromatic rings. The zero-order chi connectivity index (χ0) is 17.9. The van der Waals surface area contributed by atoms with Gasteiger partial charge in [-0.1, -0.05) is 44.2 Å². The average Bonchev–Trinajstić information content (AvgIpc) is 3.12. The highest BCUT2D eigenvalue weighted by atomic mass is 16.5. The monoisotopic (exact) mass is 344 g/mol. The lowest BCUT2D eigenvalue weighted by atomic mass is 9.91. The van der Waals surface area contributed by atoms with E-state index in [-0.39, 0.29) is 17.7 Å². The summed E-state index contributed by atoms with van der Waals surface area (Å²) in [6.07, 6.45) is 2.72. The Morgan fingerprint density at radius 1 is 1.36 bits per heavy atom. The number of carbonyl (C=O) groups is 2. The molecule has 0 aromatic heterocycles. The Hall–Kier alpha value is -1.72. The lowest BCUT2D eigenvalue weighted by Gasteiger charge is -2.31. The fourth-order valence-electron chi connectivity index (χ4n) is 3.96. The van der Waals surface area contributed by atoms with Crippen LogP contribution in [0.25, 0.3) is 0 Å². The van der Waals surface area contributed by atoms with Gasteiger partial charge in [0.1, 0.15) is 11.6 Å². The number of ketones is 1. The molecule has 5 heteroatoms. The molecule has 2 fully saturated rings. The van der Waals surface area contributed by atoms with Gasteiger partial charge < -0.3 is 15.4 Å². The SMILES string of the molecule is CC(C)CC(OCc1ccccc1)C(=O)N[C@]12CCC[C@H]1NCC2=O. The maximum Gasteiger partial charge on any atom is 0.250 e. The Bertz CT molecular complexity index is 617. The van der Waals surface area contributed by atoms with E-state index in [0.29, 0.717) is 25.5 Å². The van der Waals surface area contributed by atoms with Gasteiger partial charge in [-0.05, 0) is 37.2 Å². The van der Waals surface area contributed by atoms with Crippen LogP contribution in [0.15, 0.2) is 30.3 Å². The maximum absolute atomic E-state index is 12.9. The standard InChI is InChI=1S/C20H28N2O3/c1-14(2)11-16(25-13-15-7-4-3-5-8-15)19(24)22-20-10-6-9-17(20)21-12-18(20)23/h3-5,7-8,14,16-17,21H,6,9-13H2,1-2H3,(H,22,24)/t16?,17-,20-/m1/s1. The van der Waals surface area contributed by atoms with Gasteiger partial charge in [0, 0.05) is 6.04 Å². The number of benzene rings is 1. The minimum Gasteiger partial charge on any atom is -0.364 e. The van der Waals surface area contributed by atoms with Crippen LogP contribution >= 0.6 is 0 Å². The first-order valence-corrected chi connectivity index (χ1v) is 9.25. The third-order valence-corrected chi connectivity index (χ3v) is 5.28. The molecule has 1 amide bonds. The number of ether oxygens (including phenoxy) is 1. The molecule has 136 valence electrons. The number of hydrogen-bond donors (Lipinski definition) is 2. The van der Waals surface area contributed by atoms with Crippen LogP contribution in [0.1, 0.15) is 45.1 Å². The van der Waals surface area contributed by atoms with Gasteiger partial charge in [-0.2, -0.15) is 0 Å². The molecule has 3 atom stereocenters. The second-order valence-corrected chi connectivity index (χ2v) is 7.62. The summed E-state index contributed by atoms with van der Waals surface area (Å²) in [7, 11) is 0. The van der Waals surface area contributed by atoms with Crippen molar-refractivity contribution < 1.29 is 14.3 Å². The first kappa shape index (κ1) is 18.1. The molecule has 1 aliphatic heterocycles. The molecule has 1 heterocycles. The predicted molar refractivity (Wildman–Crippen MR) is 96.0 cm³/mol. The first-order chi connectivity index (χ1) is 12.0. The van der Waals surface area contributed by atoms with E-state index < -0.39 is 11.6 Å². The lowest BCUT2D eigenvalue weighted by Crippen LogP contribution is -2.59. The van der Waals surface area contributed by atoms with Crippen molar-refractivity contribution in [1.82, 2.24) is 10.6 Å². The third kappa shape index (κ3) is 3.93. The van der Waals surface area contributed by atoms with E-state index in [9.17, 15) is 9.59 Å². The van der Waals surface area contributed by atoms with Gasteiger partial charge in [-0.3, -0.25) is 9.59 Å². The van der Waals surface area contributed by atoms with Crippen LogP contribution in [0.2, 0.25) is 0 Å². The van der Waals surface area contributed by atoms with E-state index in [4.69, 9.17) is 4.74 Å². The smallest absolute Gasteiger partial charge is 0.250 e. The Labute approximate surface area is 149 Å². The summed E-state index contributed by atoms with van der Waals surface area (Å²) in [4.78, 5) is 25.3. The van der Waals surface area contributed by atoms with Crippen LogP contribution in [-0.4, -0.2) is 35.9 Å². The number of amides is 1. The van der Waals surface area contributed by atoms with Crippen molar-refractivity contribution in [2.45, 2.75) is 63.8 Å². The van der Waals surface area contributed by atoms with Gasteiger partial charge in [0.2, 0.25) is 5.91 Å². The van der Waals surface area contributed by atoms with Gasteiger partial charge in [-0.15, -0.1) is 0 Å². The number of carbonyl (C=O) groups excluding carboxylic acids is 2. The minimum atomic E-state index is -0.720. The molecule has 1 unspecified atom stereocenters. The number of rotatable bonds is 7. The van der Waals surface area contributed by atoms with E-state index in [1.54, 1.807) is 0 Å². The van der Waals surface area contributed by atoms with Crippen molar-refractivity contribution >= 4 is 11.7 Å². The second kappa shape index (κ2) is 7.67.